The Kier molecular flexibility index (Phi) is 2.47. The molecule has 1 spiro atoms. The molecule has 1 aliphatic carbocycles. The topological polar surface area (TPSA) is 47.9 Å². The zero-order valence-electron chi connectivity index (χ0n) is 12.0. The van der Waals surface area contributed by atoms with Crippen LogP contribution in [0.5, 0.6) is 0 Å². The summed E-state index contributed by atoms with van der Waals surface area (Å²) in [6.45, 7) is 7.15. The third-order valence-corrected chi connectivity index (χ3v) is 6.15. The van der Waals surface area contributed by atoms with Crippen molar-refractivity contribution in [2.45, 2.75) is 63.8 Å². The normalized spacial score (nSPS) is 63.8. The number of hydrogen-bond donors (Lipinski definition) is 1. The van der Waals surface area contributed by atoms with Crippen LogP contribution in [0.15, 0.2) is 0 Å². The zero-order valence-corrected chi connectivity index (χ0v) is 12.0. The van der Waals surface area contributed by atoms with Crippen LogP contribution in [0, 0.1) is 23.7 Å². The second kappa shape index (κ2) is 3.73. The fourth-order valence-electron chi connectivity index (χ4n) is 5.08. The summed E-state index contributed by atoms with van der Waals surface area (Å²) in [5, 5.41) is 10.4. The maximum absolute atomic E-state index is 10.4. The monoisotopic (exact) mass is 268 g/mol. The average molecular weight is 268 g/mol. The first-order valence-electron chi connectivity index (χ1n) is 7.65. The highest BCUT2D eigenvalue weighted by molar-refractivity contribution is 5.13. The van der Waals surface area contributed by atoms with Gasteiger partial charge in [-0.2, -0.15) is 0 Å². The van der Waals surface area contributed by atoms with Crippen LogP contribution in [-0.4, -0.2) is 35.5 Å². The van der Waals surface area contributed by atoms with Crippen LogP contribution in [0.3, 0.4) is 0 Å². The molecule has 19 heavy (non-hydrogen) atoms. The van der Waals surface area contributed by atoms with Crippen molar-refractivity contribution in [3.63, 3.8) is 0 Å². The van der Waals surface area contributed by atoms with Gasteiger partial charge in [0.25, 0.3) is 0 Å². The summed E-state index contributed by atoms with van der Waals surface area (Å²) in [5.41, 5.74) is -0.316. The number of rotatable bonds is 0. The predicted octanol–water partition coefficient (Wildman–Crippen LogP) is 1.91. The van der Waals surface area contributed by atoms with Gasteiger partial charge in [-0.25, -0.2) is 0 Å². The van der Waals surface area contributed by atoms with E-state index in [-0.39, 0.29) is 11.9 Å². The Morgan fingerprint density at radius 3 is 2.68 bits per heavy atom. The van der Waals surface area contributed by atoms with Crippen molar-refractivity contribution in [3.8, 4) is 0 Å². The van der Waals surface area contributed by atoms with Crippen LogP contribution in [0.1, 0.15) is 40.0 Å². The molecule has 0 aromatic heterocycles. The zero-order chi connectivity index (χ0) is 13.4. The Labute approximate surface area is 114 Å². The molecule has 0 aromatic rings. The molecule has 8 atom stereocenters. The van der Waals surface area contributed by atoms with Crippen molar-refractivity contribution in [2.75, 3.05) is 6.61 Å². The lowest BCUT2D eigenvalue weighted by Crippen LogP contribution is -2.66. The van der Waals surface area contributed by atoms with Gasteiger partial charge in [0.05, 0.1) is 6.61 Å². The largest absolute Gasteiger partial charge is 0.388 e. The van der Waals surface area contributed by atoms with Crippen molar-refractivity contribution in [2.24, 2.45) is 23.7 Å². The van der Waals surface area contributed by atoms with Gasteiger partial charge in [0.1, 0.15) is 11.7 Å². The molecule has 3 saturated heterocycles. The van der Waals surface area contributed by atoms with Crippen molar-refractivity contribution < 1.29 is 19.3 Å². The predicted molar refractivity (Wildman–Crippen MR) is 68.2 cm³/mol. The van der Waals surface area contributed by atoms with Gasteiger partial charge in [-0.3, -0.25) is 0 Å². The molecule has 0 radical (unpaired) electrons. The van der Waals surface area contributed by atoms with Crippen LogP contribution < -0.4 is 0 Å². The molecule has 4 aliphatic rings. The van der Waals surface area contributed by atoms with Crippen LogP contribution in [0.25, 0.3) is 0 Å². The van der Waals surface area contributed by atoms with Crippen LogP contribution in [-0.2, 0) is 14.2 Å². The number of hydrogen-bond acceptors (Lipinski definition) is 4. The van der Waals surface area contributed by atoms with Gasteiger partial charge in [-0.1, -0.05) is 13.8 Å². The first kappa shape index (κ1) is 12.6. The highest BCUT2D eigenvalue weighted by atomic mass is 16.8. The molecule has 0 aromatic carbocycles. The molecule has 1 saturated carbocycles. The molecule has 4 heteroatoms. The van der Waals surface area contributed by atoms with Gasteiger partial charge in [-0.15, -0.1) is 0 Å². The van der Waals surface area contributed by atoms with Crippen LogP contribution in [0.2, 0.25) is 0 Å². The van der Waals surface area contributed by atoms with Crippen molar-refractivity contribution >= 4 is 0 Å². The maximum atomic E-state index is 10.4. The summed E-state index contributed by atoms with van der Waals surface area (Å²) in [6.07, 6.45) is 2.35. The highest BCUT2D eigenvalue weighted by Gasteiger charge is 2.72. The lowest BCUT2D eigenvalue weighted by molar-refractivity contribution is -0.297. The Hall–Kier alpha value is -0.160. The number of aliphatic hydroxyl groups excluding tert-OH is 1. The van der Waals surface area contributed by atoms with E-state index in [0.717, 1.165) is 13.0 Å². The molecule has 4 fully saturated rings. The van der Waals surface area contributed by atoms with E-state index in [2.05, 4.69) is 13.8 Å². The Bertz CT molecular complexity index is 400. The number of fused-ring (bicyclic) bond motifs is 1. The average Bonchev–Trinajstić information content (AvgIpc) is 2.62. The van der Waals surface area contributed by atoms with E-state index in [9.17, 15) is 5.11 Å². The molecular formula is C15H24O4. The van der Waals surface area contributed by atoms with Crippen molar-refractivity contribution in [3.05, 3.63) is 0 Å². The molecule has 1 N–H and O–H groups in total. The summed E-state index contributed by atoms with van der Waals surface area (Å²) in [7, 11) is 0. The summed E-state index contributed by atoms with van der Waals surface area (Å²) in [5.74, 6) is 1.05. The molecule has 0 unspecified atom stereocenters. The van der Waals surface area contributed by atoms with E-state index < -0.39 is 11.9 Å². The highest BCUT2D eigenvalue weighted by Crippen LogP contribution is 2.62. The summed E-state index contributed by atoms with van der Waals surface area (Å²) < 4.78 is 18.4. The van der Waals surface area contributed by atoms with Gasteiger partial charge in [0.15, 0.2) is 12.1 Å². The van der Waals surface area contributed by atoms with Gasteiger partial charge >= 0.3 is 0 Å². The third-order valence-electron chi connectivity index (χ3n) is 6.15. The minimum atomic E-state index is -0.874. The van der Waals surface area contributed by atoms with E-state index in [1.165, 1.54) is 12.8 Å². The first-order valence-corrected chi connectivity index (χ1v) is 7.65. The Morgan fingerprint density at radius 1 is 1.11 bits per heavy atom. The van der Waals surface area contributed by atoms with E-state index in [1.807, 2.05) is 6.92 Å². The fraction of sp³-hybridized carbons (Fsp3) is 1.00. The van der Waals surface area contributed by atoms with E-state index in [4.69, 9.17) is 14.2 Å². The second-order valence-corrected chi connectivity index (χ2v) is 7.25. The van der Waals surface area contributed by atoms with Gasteiger partial charge in [0.2, 0.25) is 0 Å². The molecule has 0 amide bonds. The summed E-state index contributed by atoms with van der Waals surface area (Å²) >= 11 is 0. The molecule has 4 nitrogen and oxygen atoms in total. The Morgan fingerprint density at radius 2 is 1.89 bits per heavy atom. The van der Waals surface area contributed by atoms with Gasteiger partial charge in [-0.05, 0) is 49.9 Å². The third kappa shape index (κ3) is 1.39. The molecular weight excluding hydrogens is 244 g/mol. The minimum Gasteiger partial charge on any atom is -0.388 e. The number of aliphatic hydroxyl groups is 1. The lowest BCUT2D eigenvalue weighted by atomic mass is 9.57. The second-order valence-electron chi connectivity index (χ2n) is 7.25. The quantitative estimate of drug-likeness (QED) is 0.729. The van der Waals surface area contributed by atoms with Gasteiger partial charge < -0.3 is 19.3 Å². The fourth-order valence-corrected chi connectivity index (χ4v) is 5.08. The summed E-state index contributed by atoms with van der Waals surface area (Å²) in [6, 6.07) is 0. The standard InChI is InChI=1S/C15H24O4/c1-8-4-5-10-9(2)7-17-13-15(10)11(8)6-12(16)14(3,18-13)19-15/h8-13,16H,4-7H2,1-3H3/t8-,9+,10+,11+,12-,13-,14+,15+/m1/s1. The summed E-state index contributed by atoms with van der Waals surface area (Å²) in [4.78, 5) is 0. The SMILES string of the molecule is C[C@@H]1CC[C@H]2[C@@H](C)CO[C@@H]3O[C@@]4(C)O[C@@]32[C@H]1C[C@H]4O. The van der Waals surface area contributed by atoms with Crippen LogP contribution >= 0.6 is 0 Å². The molecule has 3 aliphatic heterocycles. The molecule has 2 bridgehead atoms. The van der Waals surface area contributed by atoms with Crippen LogP contribution in [0.4, 0.5) is 0 Å². The number of ether oxygens (including phenoxy) is 3. The van der Waals surface area contributed by atoms with E-state index in [1.54, 1.807) is 0 Å². The van der Waals surface area contributed by atoms with Crippen molar-refractivity contribution in [1.82, 2.24) is 0 Å². The first-order chi connectivity index (χ1) is 8.97. The molecule has 3 heterocycles. The van der Waals surface area contributed by atoms with E-state index >= 15 is 0 Å². The van der Waals surface area contributed by atoms with Crippen molar-refractivity contribution in [1.29, 1.82) is 0 Å². The molecule has 4 rings (SSSR count). The lowest BCUT2D eigenvalue weighted by Gasteiger charge is -2.57. The maximum Gasteiger partial charge on any atom is 0.195 e. The minimum absolute atomic E-state index is 0.288. The van der Waals surface area contributed by atoms with E-state index in [0.29, 0.717) is 23.7 Å². The Balaban J connectivity index is 1.82. The smallest absolute Gasteiger partial charge is 0.195 e. The molecule has 108 valence electrons. The van der Waals surface area contributed by atoms with Gasteiger partial charge in [0, 0.05) is 0 Å².